The molecule has 2 amide bonds. The summed E-state index contributed by atoms with van der Waals surface area (Å²) >= 11 is 0.677. The van der Waals surface area contributed by atoms with Crippen LogP contribution in [0.2, 0.25) is 0 Å². The Morgan fingerprint density at radius 1 is 1.35 bits per heavy atom. The Balaban J connectivity index is 2.78. The number of aromatic nitrogens is 1. The van der Waals surface area contributed by atoms with Crippen molar-refractivity contribution in [3.63, 3.8) is 0 Å². The van der Waals surface area contributed by atoms with Crippen molar-refractivity contribution in [3.05, 3.63) is 11.1 Å². The summed E-state index contributed by atoms with van der Waals surface area (Å²) in [5, 5.41) is 5.38. The molecule has 0 aliphatic carbocycles. The van der Waals surface area contributed by atoms with Gasteiger partial charge < -0.3 is 10.6 Å². The van der Waals surface area contributed by atoms with Crippen LogP contribution in [-0.2, 0) is 15.8 Å². The minimum atomic E-state index is -4.55. The van der Waals surface area contributed by atoms with E-state index in [9.17, 15) is 22.8 Å². The van der Waals surface area contributed by atoms with Crippen molar-refractivity contribution in [2.24, 2.45) is 5.92 Å². The summed E-state index contributed by atoms with van der Waals surface area (Å²) in [7, 11) is 0. The molecule has 1 atom stereocenters. The second kappa shape index (κ2) is 6.21. The van der Waals surface area contributed by atoms with Gasteiger partial charge in [-0.15, -0.1) is 11.3 Å². The molecular weight excluding hydrogens is 295 g/mol. The number of hydrogen-bond donors (Lipinski definition) is 2. The normalized spacial score (nSPS) is 13.2. The third-order valence-corrected chi connectivity index (χ3v) is 3.09. The third kappa shape index (κ3) is 4.48. The molecule has 0 aromatic carbocycles. The lowest BCUT2D eigenvalue weighted by Crippen LogP contribution is -2.46. The summed E-state index contributed by atoms with van der Waals surface area (Å²) in [5.74, 6) is -1.20. The Hall–Kier alpha value is -1.64. The molecule has 0 bridgehead atoms. The Bertz CT molecular complexity index is 499. The Morgan fingerprint density at radius 2 is 1.95 bits per heavy atom. The van der Waals surface area contributed by atoms with Gasteiger partial charge in [-0.3, -0.25) is 9.59 Å². The molecule has 1 aromatic heterocycles. The molecule has 112 valence electrons. The molecule has 1 aromatic rings. The number of alkyl halides is 3. The average molecular weight is 309 g/mol. The van der Waals surface area contributed by atoms with Crippen molar-refractivity contribution in [2.45, 2.75) is 33.0 Å². The van der Waals surface area contributed by atoms with Crippen molar-refractivity contribution in [1.29, 1.82) is 0 Å². The van der Waals surface area contributed by atoms with Gasteiger partial charge in [-0.05, 0) is 5.92 Å². The van der Waals surface area contributed by atoms with Crippen molar-refractivity contribution in [1.82, 2.24) is 10.3 Å². The molecule has 0 aliphatic rings. The second-order valence-corrected chi connectivity index (χ2v) is 5.31. The monoisotopic (exact) mass is 309 g/mol. The molecule has 0 saturated carbocycles. The van der Waals surface area contributed by atoms with E-state index in [2.05, 4.69) is 15.6 Å². The van der Waals surface area contributed by atoms with Gasteiger partial charge in [0, 0.05) is 12.3 Å². The maximum atomic E-state index is 12.4. The van der Waals surface area contributed by atoms with Gasteiger partial charge in [-0.1, -0.05) is 13.8 Å². The van der Waals surface area contributed by atoms with E-state index < -0.39 is 29.7 Å². The summed E-state index contributed by atoms with van der Waals surface area (Å²) < 4.78 is 37.1. The fraction of sp³-hybridized carbons (Fsp3) is 0.545. The highest BCUT2D eigenvalue weighted by molar-refractivity contribution is 7.13. The average Bonchev–Trinajstić information content (AvgIpc) is 2.73. The largest absolute Gasteiger partial charge is 0.434 e. The van der Waals surface area contributed by atoms with Gasteiger partial charge in [-0.2, -0.15) is 13.2 Å². The first-order valence-electron chi connectivity index (χ1n) is 5.72. The highest BCUT2D eigenvalue weighted by Gasteiger charge is 2.34. The number of halogens is 3. The first-order valence-corrected chi connectivity index (χ1v) is 6.60. The second-order valence-electron chi connectivity index (χ2n) is 4.45. The highest BCUT2D eigenvalue weighted by Crippen LogP contribution is 2.31. The van der Waals surface area contributed by atoms with E-state index in [4.69, 9.17) is 0 Å². The van der Waals surface area contributed by atoms with E-state index in [0.717, 1.165) is 5.38 Å². The Labute approximate surface area is 117 Å². The number of rotatable bonds is 4. The molecule has 0 fully saturated rings. The summed E-state index contributed by atoms with van der Waals surface area (Å²) in [4.78, 5) is 26.2. The zero-order valence-electron chi connectivity index (χ0n) is 11.0. The highest BCUT2D eigenvalue weighted by atomic mass is 32.1. The van der Waals surface area contributed by atoms with Crippen LogP contribution in [-0.4, -0.2) is 22.8 Å². The minimum absolute atomic E-state index is 0.154. The fourth-order valence-electron chi connectivity index (χ4n) is 1.40. The van der Waals surface area contributed by atoms with Gasteiger partial charge in [0.25, 0.3) is 0 Å². The predicted octanol–water partition coefficient (Wildman–Crippen LogP) is 2.26. The van der Waals surface area contributed by atoms with E-state index in [1.165, 1.54) is 6.92 Å². The number of amides is 2. The van der Waals surface area contributed by atoms with Gasteiger partial charge in [0.05, 0.1) is 0 Å². The molecule has 0 unspecified atom stereocenters. The smallest absolute Gasteiger partial charge is 0.344 e. The number of hydrogen-bond acceptors (Lipinski definition) is 4. The van der Waals surface area contributed by atoms with Crippen LogP contribution in [0.1, 0.15) is 26.5 Å². The topological polar surface area (TPSA) is 71.1 Å². The van der Waals surface area contributed by atoms with Gasteiger partial charge in [-0.25, -0.2) is 4.98 Å². The standard InChI is InChI=1S/C11H14F3N3O2S/c1-5(2)8(15-6(3)18)9(19)17-10-16-7(4-20-10)11(12,13)14/h4-5,8H,1-3H3,(H,15,18)(H,16,17,19)/t8-/m1/s1. The molecule has 9 heteroatoms. The molecule has 0 aliphatic heterocycles. The van der Waals surface area contributed by atoms with Crippen LogP contribution >= 0.6 is 11.3 Å². The van der Waals surface area contributed by atoms with Crippen LogP contribution in [0, 0.1) is 5.92 Å². The minimum Gasteiger partial charge on any atom is -0.344 e. The number of nitrogens with one attached hydrogen (secondary N) is 2. The first kappa shape index (κ1) is 16.4. The SMILES string of the molecule is CC(=O)N[C@@H](C(=O)Nc1nc(C(F)(F)F)cs1)C(C)C. The van der Waals surface area contributed by atoms with E-state index in [-0.39, 0.29) is 11.0 Å². The Morgan fingerprint density at radius 3 is 2.35 bits per heavy atom. The summed E-state index contributed by atoms with van der Waals surface area (Å²) in [6.07, 6.45) is -4.55. The van der Waals surface area contributed by atoms with Crippen LogP contribution in [0.3, 0.4) is 0 Å². The lowest BCUT2D eigenvalue weighted by molar-refractivity contribution is -0.140. The van der Waals surface area contributed by atoms with Crippen LogP contribution < -0.4 is 10.6 Å². The number of anilines is 1. The lowest BCUT2D eigenvalue weighted by Gasteiger charge is -2.20. The van der Waals surface area contributed by atoms with Gasteiger partial charge in [0.1, 0.15) is 6.04 Å². The van der Waals surface area contributed by atoms with E-state index in [1.807, 2.05) is 0 Å². The molecular formula is C11H14F3N3O2S. The van der Waals surface area contributed by atoms with Crippen molar-refractivity contribution >= 4 is 28.3 Å². The van der Waals surface area contributed by atoms with Gasteiger partial charge in [0.15, 0.2) is 10.8 Å². The number of carbonyl (C=O) groups is 2. The quantitative estimate of drug-likeness (QED) is 0.896. The van der Waals surface area contributed by atoms with Gasteiger partial charge >= 0.3 is 6.18 Å². The molecule has 0 saturated heterocycles. The molecule has 5 nitrogen and oxygen atoms in total. The molecule has 2 N–H and O–H groups in total. The summed E-state index contributed by atoms with van der Waals surface area (Å²) in [6, 6.07) is -0.828. The number of carbonyl (C=O) groups excluding carboxylic acids is 2. The maximum absolute atomic E-state index is 12.4. The third-order valence-electron chi connectivity index (χ3n) is 2.33. The number of nitrogens with zero attached hydrogens (tertiary/aromatic N) is 1. The fourth-order valence-corrected chi connectivity index (χ4v) is 2.12. The van der Waals surface area contributed by atoms with Crippen LogP contribution in [0.4, 0.5) is 18.3 Å². The van der Waals surface area contributed by atoms with Gasteiger partial charge in [0.2, 0.25) is 11.8 Å². The zero-order chi connectivity index (χ0) is 15.5. The molecule has 1 rings (SSSR count). The molecule has 0 spiro atoms. The molecule has 1 heterocycles. The summed E-state index contributed by atoms with van der Waals surface area (Å²) in [5.41, 5.74) is -1.06. The van der Waals surface area contributed by atoms with Crippen molar-refractivity contribution in [2.75, 3.05) is 5.32 Å². The van der Waals surface area contributed by atoms with E-state index in [0.29, 0.717) is 11.3 Å². The lowest BCUT2D eigenvalue weighted by atomic mass is 10.0. The zero-order valence-corrected chi connectivity index (χ0v) is 11.9. The van der Waals surface area contributed by atoms with E-state index in [1.54, 1.807) is 13.8 Å². The number of thiazole rings is 1. The van der Waals surface area contributed by atoms with E-state index >= 15 is 0 Å². The van der Waals surface area contributed by atoms with Crippen LogP contribution in [0.15, 0.2) is 5.38 Å². The van der Waals surface area contributed by atoms with Crippen LogP contribution in [0.25, 0.3) is 0 Å². The van der Waals surface area contributed by atoms with Crippen molar-refractivity contribution in [3.8, 4) is 0 Å². The van der Waals surface area contributed by atoms with Crippen molar-refractivity contribution < 1.29 is 22.8 Å². The Kier molecular flexibility index (Phi) is 5.09. The molecule has 20 heavy (non-hydrogen) atoms. The maximum Gasteiger partial charge on any atom is 0.434 e. The van der Waals surface area contributed by atoms with Crippen LogP contribution in [0.5, 0.6) is 0 Å². The summed E-state index contributed by atoms with van der Waals surface area (Å²) in [6.45, 7) is 4.68. The predicted molar refractivity (Wildman–Crippen MR) is 68.2 cm³/mol. The first-order chi connectivity index (χ1) is 9.11. The molecule has 0 radical (unpaired) electrons.